The van der Waals surface area contributed by atoms with Crippen molar-refractivity contribution in [2.75, 3.05) is 38.3 Å². The third-order valence-electron chi connectivity index (χ3n) is 7.13. The zero-order valence-corrected chi connectivity index (χ0v) is 21.7. The number of quaternary nitrogens is 1. The Morgan fingerprint density at radius 2 is 1.65 bits per heavy atom. The lowest BCUT2D eigenvalue weighted by molar-refractivity contribution is -0.274. The summed E-state index contributed by atoms with van der Waals surface area (Å²) in [6.45, 7) is 4.50. The van der Waals surface area contributed by atoms with Gasteiger partial charge in [-0.2, -0.15) is 5.10 Å². The molecule has 0 spiro atoms. The average Bonchev–Trinajstić information content (AvgIpc) is 3.19. The molecule has 3 aromatic rings. The Bertz CT molecular complexity index is 1450. The normalized spacial score (nSPS) is 20.5. The molecule has 2 aliphatic rings. The molecule has 2 aromatic carbocycles. The van der Waals surface area contributed by atoms with Gasteiger partial charge in [-0.1, -0.05) is 12.1 Å². The zero-order chi connectivity index (χ0) is 28.7. The molecule has 0 radical (unpaired) electrons. The van der Waals surface area contributed by atoms with Gasteiger partial charge in [0.05, 0.1) is 37.6 Å². The summed E-state index contributed by atoms with van der Waals surface area (Å²) in [6, 6.07) is 13.7. The minimum atomic E-state index is -4.89. The monoisotopic (exact) mass is 555 g/mol. The minimum absolute atomic E-state index is 0.0486. The molecule has 9 nitrogen and oxygen atoms in total. The average molecular weight is 556 g/mol. The van der Waals surface area contributed by atoms with Gasteiger partial charge in [0.25, 0.3) is 5.78 Å². The number of halogens is 3. The molecular weight excluding hydrogens is 529 g/mol. The molecule has 0 bridgehead atoms. The summed E-state index contributed by atoms with van der Waals surface area (Å²) in [5.74, 6) is -2.76. The van der Waals surface area contributed by atoms with E-state index in [0.717, 1.165) is 35.8 Å². The van der Waals surface area contributed by atoms with Crippen LogP contribution < -0.4 is 14.1 Å². The molecule has 1 atom stereocenters. The second kappa shape index (κ2) is 10.4. The Kier molecular flexibility index (Phi) is 7.06. The molecule has 208 valence electrons. The second-order valence-corrected chi connectivity index (χ2v) is 9.82. The molecule has 0 aliphatic carbocycles. The number of rotatable bonds is 5. The topological polar surface area (TPSA) is 102 Å². The van der Waals surface area contributed by atoms with Crippen LogP contribution in [0.15, 0.2) is 66.2 Å². The Morgan fingerprint density at radius 1 is 1.00 bits per heavy atom. The molecule has 2 aliphatic heterocycles. The number of ketones is 1. The molecule has 1 amide bonds. The number of amides is 1. The van der Waals surface area contributed by atoms with Crippen LogP contribution in [0.1, 0.15) is 22.9 Å². The molecule has 2 saturated heterocycles. The van der Waals surface area contributed by atoms with E-state index in [4.69, 9.17) is 4.74 Å². The lowest BCUT2D eigenvalue weighted by Crippen LogP contribution is -2.53. The number of morpholine rings is 1. The highest BCUT2D eigenvalue weighted by Gasteiger charge is 2.48. The van der Waals surface area contributed by atoms with Gasteiger partial charge in [-0.25, -0.2) is 0 Å². The molecule has 12 heteroatoms. The minimum Gasteiger partial charge on any atom is -0.507 e. The number of carbonyl (C=O) groups excluding carboxylic acids is 2. The number of nitrogens with zero attached hydrogens (tertiary/aromatic N) is 4. The highest BCUT2D eigenvalue weighted by Crippen LogP contribution is 2.42. The molecule has 3 heterocycles. The van der Waals surface area contributed by atoms with E-state index in [9.17, 15) is 27.9 Å². The number of aromatic nitrogens is 2. The summed E-state index contributed by atoms with van der Waals surface area (Å²) in [7, 11) is 2.08. The van der Waals surface area contributed by atoms with E-state index in [2.05, 4.69) is 22.0 Å². The number of anilines is 1. The van der Waals surface area contributed by atoms with Crippen LogP contribution in [-0.4, -0.2) is 66.7 Å². The molecule has 2 fully saturated rings. The van der Waals surface area contributed by atoms with Gasteiger partial charge in [0.1, 0.15) is 30.3 Å². The van der Waals surface area contributed by atoms with Gasteiger partial charge in [0.2, 0.25) is 0 Å². The number of hydrogen-bond acceptors (Lipinski definition) is 7. The fourth-order valence-electron chi connectivity index (χ4n) is 4.90. The first-order chi connectivity index (χ1) is 19.0. The SMILES string of the molecule is Cc1ccc(N2C(=O)C(=O)C(=C(O)c3ccc([N+]4(C)CCOCC4)cc3)C2c2ccc(OC(F)(F)F)cc2)nn1. The Morgan fingerprint density at radius 3 is 2.23 bits per heavy atom. The highest BCUT2D eigenvalue weighted by atomic mass is 19.4. The number of carbonyl (C=O) groups is 2. The number of likely N-dealkylation sites (N-methyl/N-ethyl adjacent to an activating group) is 1. The predicted octanol–water partition coefficient (Wildman–Crippen LogP) is 4.28. The maximum atomic E-state index is 13.3. The van der Waals surface area contributed by atoms with Crippen LogP contribution >= 0.6 is 0 Å². The van der Waals surface area contributed by atoms with E-state index in [1.54, 1.807) is 25.1 Å². The van der Waals surface area contributed by atoms with Crippen LogP contribution in [0.3, 0.4) is 0 Å². The first-order valence-corrected chi connectivity index (χ1v) is 12.5. The van der Waals surface area contributed by atoms with Gasteiger partial charge < -0.3 is 14.6 Å². The second-order valence-electron chi connectivity index (χ2n) is 9.82. The summed E-state index contributed by atoms with van der Waals surface area (Å²) < 4.78 is 48.2. The third-order valence-corrected chi connectivity index (χ3v) is 7.13. The molecule has 1 N–H and O–H groups in total. The number of aryl methyl sites for hydroxylation is 1. The zero-order valence-electron chi connectivity index (χ0n) is 21.7. The predicted molar refractivity (Wildman–Crippen MR) is 139 cm³/mol. The van der Waals surface area contributed by atoms with Gasteiger partial charge >= 0.3 is 12.3 Å². The first-order valence-electron chi connectivity index (χ1n) is 12.5. The number of aliphatic hydroxyl groups is 1. The van der Waals surface area contributed by atoms with Crippen LogP contribution in [0, 0.1) is 6.92 Å². The van der Waals surface area contributed by atoms with Crippen molar-refractivity contribution in [3.8, 4) is 5.75 Å². The number of Topliss-reactive ketones (excluding diaryl/α,β-unsaturated/α-hetero) is 1. The number of hydrogen-bond donors (Lipinski definition) is 1. The highest BCUT2D eigenvalue weighted by molar-refractivity contribution is 6.51. The number of alkyl halides is 3. The van der Waals surface area contributed by atoms with Crippen molar-refractivity contribution in [1.82, 2.24) is 14.7 Å². The maximum Gasteiger partial charge on any atom is 0.573 e. The van der Waals surface area contributed by atoms with Crippen LogP contribution in [0.4, 0.5) is 24.7 Å². The molecule has 1 unspecified atom stereocenters. The van der Waals surface area contributed by atoms with Gasteiger partial charge in [-0.3, -0.25) is 19.0 Å². The Hall–Kier alpha value is -4.29. The quantitative estimate of drug-likeness (QED) is 0.217. The summed E-state index contributed by atoms with van der Waals surface area (Å²) in [5, 5.41) is 19.4. The van der Waals surface area contributed by atoms with E-state index in [0.29, 0.717) is 29.0 Å². The summed E-state index contributed by atoms with van der Waals surface area (Å²) in [4.78, 5) is 27.7. The summed E-state index contributed by atoms with van der Waals surface area (Å²) in [5.41, 5.74) is 1.91. The molecule has 40 heavy (non-hydrogen) atoms. The number of ether oxygens (including phenoxy) is 2. The van der Waals surface area contributed by atoms with Crippen molar-refractivity contribution in [2.45, 2.75) is 19.3 Å². The maximum absolute atomic E-state index is 13.3. The number of benzene rings is 2. The van der Waals surface area contributed by atoms with Gasteiger partial charge in [0, 0.05) is 5.56 Å². The Labute approximate surface area is 227 Å². The molecular formula is C28H26F3N4O5+. The van der Waals surface area contributed by atoms with Crippen molar-refractivity contribution in [3.05, 3.63) is 83.1 Å². The molecule has 1 aromatic heterocycles. The fraction of sp³-hybridized carbons (Fsp3) is 0.286. The lowest BCUT2D eigenvalue weighted by atomic mass is 9.95. The van der Waals surface area contributed by atoms with Crippen LogP contribution in [0.2, 0.25) is 0 Å². The van der Waals surface area contributed by atoms with E-state index >= 15 is 0 Å². The lowest BCUT2D eigenvalue weighted by Gasteiger charge is -2.37. The van der Waals surface area contributed by atoms with E-state index < -0.39 is 35.6 Å². The van der Waals surface area contributed by atoms with Crippen molar-refractivity contribution >= 4 is 29.0 Å². The largest absolute Gasteiger partial charge is 0.573 e. The van der Waals surface area contributed by atoms with Crippen molar-refractivity contribution < 1.29 is 37.3 Å². The van der Waals surface area contributed by atoms with Crippen molar-refractivity contribution in [1.29, 1.82) is 0 Å². The Balaban J connectivity index is 1.58. The van der Waals surface area contributed by atoms with Crippen LogP contribution in [0.25, 0.3) is 5.76 Å². The van der Waals surface area contributed by atoms with Crippen molar-refractivity contribution in [3.63, 3.8) is 0 Å². The summed E-state index contributed by atoms with van der Waals surface area (Å²) in [6.07, 6.45) is -4.89. The third kappa shape index (κ3) is 5.27. The fourth-order valence-corrected chi connectivity index (χ4v) is 4.90. The smallest absolute Gasteiger partial charge is 0.507 e. The van der Waals surface area contributed by atoms with Crippen molar-refractivity contribution in [2.24, 2.45) is 0 Å². The van der Waals surface area contributed by atoms with Gasteiger partial charge in [-0.05, 0) is 61.0 Å². The van der Waals surface area contributed by atoms with E-state index in [1.165, 1.54) is 18.2 Å². The molecule has 0 saturated carbocycles. The van der Waals surface area contributed by atoms with Crippen LogP contribution in [0.5, 0.6) is 5.75 Å². The van der Waals surface area contributed by atoms with Gasteiger partial charge in [0.15, 0.2) is 5.82 Å². The standard InChI is InChI=1S/C28H25F3N4O5/c1-17-3-12-22(33-32-17)34-24(18-6-10-21(11-7-18)40-28(29,30)31)23(26(37)27(34)38)25(36)19-4-8-20(9-5-19)35(2)13-15-39-16-14-35/h3-12,24H,13-16H2,1-2H3/p+1. The van der Waals surface area contributed by atoms with E-state index in [-0.39, 0.29) is 17.0 Å². The first kappa shape index (κ1) is 27.3. The van der Waals surface area contributed by atoms with Gasteiger partial charge in [-0.15, -0.1) is 18.3 Å². The van der Waals surface area contributed by atoms with E-state index in [1.807, 2.05) is 12.1 Å². The number of aliphatic hydroxyl groups excluding tert-OH is 1. The summed E-state index contributed by atoms with van der Waals surface area (Å²) >= 11 is 0. The molecule has 5 rings (SSSR count). The van der Waals surface area contributed by atoms with Crippen LogP contribution in [-0.2, 0) is 14.3 Å².